The lowest BCUT2D eigenvalue weighted by Gasteiger charge is -2.39. The van der Waals surface area contributed by atoms with E-state index in [1.807, 2.05) is 93.0 Å². The van der Waals surface area contributed by atoms with Gasteiger partial charge in [0.15, 0.2) is 11.2 Å². The van der Waals surface area contributed by atoms with Gasteiger partial charge < -0.3 is 33.3 Å². The smallest absolute Gasteiger partial charge is 0.280 e. The summed E-state index contributed by atoms with van der Waals surface area (Å²) in [5.41, 5.74) is 2.19. The summed E-state index contributed by atoms with van der Waals surface area (Å²) in [7, 11) is 3.60. The van der Waals surface area contributed by atoms with Gasteiger partial charge in [-0.05, 0) is 62.1 Å². The number of aliphatic hydroxyl groups excluding tert-OH is 1. The minimum atomic E-state index is -1.68. The predicted octanol–water partition coefficient (Wildman–Crippen LogP) is 6.80. The molecule has 5 aromatic rings. The van der Waals surface area contributed by atoms with Crippen LogP contribution in [0, 0.1) is 11.3 Å². The van der Waals surface area contributed by atoms with Gasteiger partial charge in [0, 0.05) is 32.6 Å². The second kappa shape index (κ2) is 19.8. The summed E-state index contributed by atoms with van der Waals surface area (Å²) < 4.78 is 37.1. The van der Waals surface area contributed by atoms with Crippen LogP contribution in [0.5, 0.6) is 5.75 Å². The maximum Gasteiger partial charge on any atom is 0.280 e. The molecular weight excluding hydrogens is 771 g/mol. The van der Waals surface area contributed by atoms with E-state index in [-0.39, 0.29) is 49.8 Å². The Morgan fingerprint density at radius 1 is 1.05 bits per heavy atom. The van der Waals surface area contributed by atoms with Gasteiger partial charge in [0.25, 0.3) is 14.1 Å². The Bertz CT molecular complexity index is 2190. The van der Waals surface area contributed by atoms with E-state index in [4.69, 9.17) is 23.3 Å². The zero-order chi connectivity index (χ0) is 42.1. The topological polar surface area (TPSA) is 173 Å². The van der Waals surface area contributed by atoms with Crippen molar-refractivity contribution in [2.45, 2.75) is 83.3 Å². The summed E-state index contributed by atoms with van der Waals surface area (Å²) in [4.78, 5) is 31.0. The molecule has 0 radical (unpaired) electrons. The second-order valence-electron chi connectivity index (χ2n) is 14.9. The molecule has 3 heterocycles. The van der Waals surface area contributed by atoms with Crippen LogP contribution in [0.25, 0.3) is 11.2 Å². The highest BCUT2D eigenvalue weighted by Gasteiger charge is 2.45. The highest BCUT2D eigenvalue weighted by Crippen LogP contribution is 2.51. The third-order valence-corrected chi connectivity index (χ3v) is 12.0. The summed E-state index contributed by atoms with van der Waals surface area (Å²) in [5, 5.41) is 19.3. The molecule has 59 heavy (non-hydrogen) atoms. The molecule has 2 N–H and O–H groups in total. The molecule has 16 heteroatoms. The van der Waals surface area contributed by atoms with Crippen LogP contribution < -0.4 is 10.3 Å². The summed E-state index contributed by atoms with van der Waals surface area (Å²) in [6, 6.07) is 27.8. The van der Waals surface area contributed by atoms with Crippen LogP contribution in [-0.2, 0) is 30.7 Å². The summed E-state index contributed by atoms with van der Waals surface area (Å²) in [5.74, 6) is 0.823. The number of methoxy groups -OCH3 is 1. The first-order valence-electron chi connectivity index (χ1n) is 19.6. The molecule has 5 atom stereocenters. The Morgan fingerprint density at radius 2 is 1.71 bits per heavy atom. The van der Waals surface area contributed by atoms with Crippen LogP contribution >= 0.6 is 8.53 Å². The average molecular weight is 825 g/mol. The maximum atomic E-state index is 13.2. The van der Waals surface area contributed by atoms with Crippen LogP contribution in [0.3, 0.4) is 0 Å². The van der Waals surface area contributed by atoms with Crippen molar-refractivity contribution in [2.75, 3.05) is 34.4 Å². The number of benzene rings is 3. The van der Waals surface area contributed by atoms with Crippen molar-refractivity contribution in [2.24, 2.45) is 4.99 Å². The van der Waals surface area contributed by atoms with Crippen LogP contribution in [0.1, 0.15) is 69.0 Å². The SMILES string of the molecule is COc1ccc(C(OC[C@H]2O[C@@H](n3cnc4c(=O)[nH]c(N=CN(C)C)nc43)C[C@H]2OP(OCCC#N)N(C(C)C)C(C)C)(c2ccccc2)c2ccc(CO)cc2)cc1. The molecule has 1 aliphatic heterocycles. The molecule has 0 saturated carbocycles. The number of nitrogens with one attached hydrogen (secondary N) is 1. The van der Waals surface area contributed by atoms with Gasteiger partial charge in [0.1, 0.15) is 23.7 Å². The second-order valence-corrected chi connectivity index (χ2v) is 16.3. The molecule has 312 valence electrons. The Hall–Kier alpha value is -5.04. The molecule has 1 aliphatic rings. The number of hydrogen-bond acceptors (Lipinski definition) is 12. The van der Waals surface area contributed by atoms with E-state index in [2.05, 4.69) is 58.4 Å². The minimum Gasteiger partial charge on any atom is -0.497 e. The van der Waals surface area contributed by atoms with E-state index in [0.29, 0.717) is 17.8 Å². The highest BCUT2D eigenvalue weighted by molar-refractivity contribution is 7.44. The van der Waals surface area contributed by atoms with Crippen molar-refractivity contribution < 1.29 is 28.4 Å². The van der Waals surface area contributed by atoms with E-state index < -0.39 is 38.1 Å². The molecule has 0 amide bonds. The van der Waals surface area contributed by atoms with Gasteiger partial charge in [-0.2, -0.15) is 10.2 Å². The molecule has 2 aromatic heterocycles. The summed E-state index contributed by atoms with van der Waals surface area (Å²) >= 11 is 0. The summed E-state index contributed by atoms with van der Waals surface area (Å²) in [6.07, 6.45) is 1.72. The summed E-state index contributed by atoms with van der Waals surface area (Å²) in [6.45, 7) is 8.49. The van der Waals surface area contributed by atoms with Crippen LogP contribution in [0.4, 0.5) is 5.95 Å². The third-order valence-electron chi connectivity index (χ3n) is 9.89. The molecule has 3 aromatic carbocycles. The first-order valence-corrected chi connectivity index (χ1v) is 20.7. The zero-order valence-corrected chi connectivity index (χ0v) is 35.5. The number of H-pyrrole nitrogens is 1. The van der Waals surface area contributed by atoms with Crippen molar-refractivity contribution in [3.05, 3.63) is 118 Å². The number of ether oxygens (including phenoxy) is 3. The maximum absolute atomic E-state index is 13.2. The Kier molecular flexibility index (Phi) is 14.6. The number of nitrogens with zero attached hydrogens (tertiary/aromatic N) is 7. The van der Waals surface area contributed by atoms with Crippen LogP contribution in [0.2, 0.25) is 0 Å². The van der Waals surface area contributed by atoms with Crippen molar-refractivity contribution in [3.63, 3.8) is 0 Å². The third kappa shape index (κ3) is 9.88. The fourth-order valence-corrected chi connectivity index (χ4v) is 8.96. The van der Waals surface area contributed by atoms with Crippen molar-refractivity contribution in [1.82, 2.24) is 29.1 Å². The average Bonchev–Trinajstić information content (AvgIpc) is 3.85. The minimum absolute atomic E-state index is 0.0492. The molecule has 1 fully saturated rings. The largest absolute Gasteiger partial charge is 0.497 e. The predicted molar refractivity (Wildman–Crippen MR) is 226 cm³/mol. The number of hydrogen-bond donors (Lipinski definition) is 2. The Balaban J connectivity index is 1.45. The van der Waals surface area contributed by atoms with Gasteiger partial charge in [0.2, 0.25) is 5.95 Å². The van der Waals surface area contributed by atoms with Gasteiger partial charge in [0.05, 0.1) is 58.2 Å². The van der Waals surface area contributed by atoms with Gasteiger partial charge in [-0.15, -0.1) is 0 Å². The molecule has 1 saturated heterocycles. The fourth-order valence-electron chi connectivity index (χ4n) is 7.20. The van der Waals surface area contributed by atoms with E-state index >= 15 is 0 Å². The standard InChI is InChI=1S/C43H53N8O7P/c1-29(2)51(30(3)4)59(56-23-11-22-44)58-36-24-38(50-28-45-39-40(50)47-42(48-41(39)53)46-27-49(5)6)57-37(36)26-55-43(32-12-9-8-10-13-32,33-16-14-31(25-52)15-17-33)34-18-20-35(54-7)21-19-34/h8-10,12-21,27-30,36-38,52H,11,23-26H2,1-7H3,(H,47,48,53)/t36-,37-,38-,43?,59?/m1/s1. The fraction of sp³-hybridized carbons (Fsp3) is 0.419. The Labute approximate surface area is 346 Å². The van der Waals surface area contributed by atoms with Crippen molar-refractivity contribution >= 4 is 32.0 Å². The number of rotatable bonds is 19. The number of aliphatic hydroxyl groups is 1. The highest BCUT2D eigenvalue weighted by atomic mass is 31.2. The number of nitriles is 1. The van der Waals surface area contributed by atoms with Crippen LogP contribution in [0.15, 0.2) is 95.0 Å². The number of aromatic amines is 1. The Morgan fingerprint density at radius 3 is 2.32 bits per heavy atom. The quantitative estimate of drug-likeness (QED) is 0.0294. The molecule has 15 nitrogen and oxygen atoms in total. The van der Waals surface area contributed by atoms with E-state index in [1.54, 1.807) is 29.2 Å². The molecule has 0 aliphatic carbocycles. The first-order chi connectivity index (χ1) is 28.5. The van der Waals surface area contributed by atoms with Crippen molar-refractivity contribution in [1.29, 1.82) is 5.26 Å². The van der Waals surface area contributed by atoms with Crippen molar-refractivity contribution in [3.8, 4) is 11.8 Å². The number of imidazole rings is 1. The number of fused-ring (bicyclic) bond motifs is 1. The molecular formula is C43H53N8O7P. The van der Waals surface area contributed by atoms with E-state index in [9.17, 15) is 15.2 Å². The molecule has 2 unspecified atom stereocenters. The lowest BCUT2D eigenvalue weighted by atomic mass is 9.79. The van der Waals surface area contributed by atoms with E-state index in [0.717, 1.165) is 22.3 Å². The normalized spacial score (nSPS) is 18.5. The number of aromatic nitrogens is 4. The lowest BCUT2D eigenvalue weighted by Crippen LogP contribution is -2.39. The monoisotopic (exact) mass is 824 g/mol. The molecule has 0 bridgehead atoms. The van der Waals surface area contributed by atoms with Gasteiger partial charge in [-0.25, -0.2) is 14.6 Å². The lowest BCUT2D eigenvalue weighted by molar-refractivity contribution is -0.0912. The first kappa shape index (κ1) is 43.5. The van der Waals surface area contributed by atoms with Crippen LogP contribution in [-0.4, -0.2) is 99.2 Å². The number of aliphatic imine (C=N–C) groups is 1. The van der Waals surface area contributed by atoms with Gasteiger partial charge >= 0.3 is 0 Å². The van der Waals surface area contributed by atoms with Gasteiger partial charge in [-0.3, -0.25) is 14.3 Å². The zero-order valence-electron chi connectivity index (χ0n) is 34.6. The molecule has 0 spiro atoms. The van der Waals surface area contributed by atoms with Gasteiger partial charge in [-0.1, -0.05) is 66.7 Å². The molecule has 6 rings (SSSR count). The van der Waals surface area contributed by atoms with E-state index in [1.165, 1.54) is 0 Å².